The minimum Gasteiger partial charge on any atom is -0.0467 e. The lowest BCUT2D eigenvalue weighted by molar-refractivity contribution is 0.207. The SMILES string of the molecule is C1C2CC3C1C1CC4CC1C3C24. The van der Waals surface area contributed by atoms with Crippen molar-refractivity contribution in [2.75, 3.05) is 0 Å². The zero-order valence-corrected chi connectivity index (χ0v) is 7.45. The molecule has 0 saturated heterocycles. The Bertz CT molecular complexity index is 239. The minimum atomic E-state index is 1.23. The van der Waals surface area contributed by atoms with Crippen LogP contribution < -0.4 is 0 Å². The van der Waals surface area contributed by atoms with Crippen molar-refractivity contribution < 1.29 is 0 Å². The van der Waals surface area contributed by atoms with E-state index in [9.17, 15) is 0 Å². The molecule has 0 spiro atoms. The zero-order valence-electron chi connectivity index (χ0n) is 7.45. The third-order valence-electron chi connectivity index (χ3n) is 6.47. The van der Waals surface area contributed by atoms with Gasteiger partial charge in [-0.15, -0.1) is 0 Å². The molecule has 0 N–H and O–H groups in total. The van der Waals surface area contributed by atoms with Gasteiger partial charge in [0.15, 0.2) is 0 Å². The van der Waals surface area contributed by atoms with Gasteiger partial charge in [-0.3, -0.25) is 0 Å². The summed E-state index contributed by atoms with van der Waals surface area (Å²) in [5, 5.41) is 0. The topological polar surface area (TPSA) is 0 Å². The fraction of sp³-hybridized carbons (Fsp3) is 1.00. The predicted molar refractivity (Wildman–Crippen MR) is 46.4 cm³/mol. The predicted octanol–water partition coefficient (Wildman–Crippen LogP) is 2.54. The molecule has 0 aromatic rings. The lowest BCUT2D eigenvalue weighted by Gasteiger charge is -2.27. The van der Waals surface area contributed by atoms with Crippen molar-refractivity contribution in [3.8, 4) is 0 Å². The van der Waals surface area contributed by atoms with Crippen LogP contribution in [0.3, 0.4) is 0 Å². The standard InChI is InChI=1S/C12H16/c1-5-3-9-7(1)8-2-6-4-10(8)12(9)11(5)6/h5-12H,1-4H2. The van der Waals surface area contributed by atoms with E-state index in [4.69, 9.17) is 0 Å². The molecule has 0 heterocycles. The van der Waals surface area contributed by atoms with Crippen molar-refractivity contribution in [2.24, 2.45) is 47.3 Å². The fourth-order valence-electron chi connectivity index (χ4n) is 6.69. The van der Waals surface area contributed by atoms with E-state index in [1.165, 1.54) is 47.3 Å². The van der Waals surface area contributed by atoms with Crippen molar-refractivity contribution >= 4 is 0 Å². The molecule has 5 aliphatic rings. The van der Waals surface area contributed by atoms with E-state index < -0.39 is 0 Å². The van der Waals surface area contributed by atoms with Gasteiger partial charge >= 0.3 is 0 Å². The molecule has 0 nitrogen and oxygen atoms in total. The molecule has 0 radical (unpaired) electrons. The maximum absolute atomic E-state index is 1.67. The molecule has 0 heteroatoms. The first-order valence-electron chi connectivity index (χ1n) is 5.93. The molecule has 64 valence electrons. The van der Waals surface area contributed by atoms with Gasteiger partial charge in [-0.1, -0.05) is 0 Å². The number of rotatable bonds is 0. The van der Waals surface area contributed by atoms with E-state index in [1.807, 2.05) is 0 Å². The van der Waals surface area contributed by atoms with Crippen LogP contribution in [0.15, 0.2) is 0 Å². The van der Waals surface area contributed by atoms with Gasteiger partial charge in [-0.05, 0) is 73.0 Å². The van der Waals surface area contributed by atoms with E-state index in [0.717, 1.165) is 0 Å². The van der Waals surface area contributed by atoms with Gasteiger partial charge in [-0.2, -0.15) is 0 Å². The van der Waals surface area contributed by atoms with Gasteiger partial charge in [0.05, 0.1) is 0 Å². The molecule has 5 fully saturated rings. The lowest BCUT2D eigenvalue weighted by Crippen LogP contribution is -2.22. The van der Waals surface area contributed by atoms with Gasteiger partial charge in [-0.25, -0.2) is 0 Å². The van der Waals surface area contributed by atoms with Crippen molar-refractivity contribution in [3.05, 3.63) is 0 Å². The van der Waals surface area contributed by atoms with Crippen molar-refractivity contribution in [1.82, 2.24) is 0 Å². The number of fused-ring (bicyclic) bond motifs is 5. The summed E-state index contributed by atoms with van der Waals surface area (Å²) in [5.74, 6) is 9.99. The van der Waals surface area contributed by atoms with Gasteiger partial charge < -0.3 is 0 Å². The highest BCUT2D eigenvalue weighted by atomic mass is 14.8. The van der Waals surface area contributed by atoms with Gasteiger partial charge in [0.25, 0.3) is 0 Å². The van der Waals surface area contributed by atoms with Crippen LogP contribution in [0.2, 0.25) is 0 Å². The second-order valence-corrected chi connectivity index (χ2v) is 6.27. The van der Waals surface area contributed by atoms with Crippen LogP contribution in [0.25, 0.3) is 0 Å². The summed E-state index contributed by atoms with van der Waals surface area (Å²) in [4.78, 5) is 0. The maximum atomic E-state index is 1.67. The molecule has 0 aliphatic heterocycles. The molecule has 12 heavy (non-hydrogen) atoms. The van der Waals surface area contributed by atoms with Crippen LogP contribution in [0.4, 0.5) is 0 Å². The molecule has 0 amide bonds. The van der Waals surface area contributed by atoms with Gasteiger partial charge in [0, 0.05) is 0 Å². The summed E-state index contributed by atoms with van der Waals surface area (Å²) in [6.07, 6.45) is 6.68. The molecule has 5 saturated carbocycles. The lowest BCUT2D eigenvalue weighted by atomic mass is 9.78. The highest BCUT2D eigenvalue weighted by molar-refractivity contribution is 5.20. The second-order valence-electron chi connectivity index (χ2n) is 6.27. The van der Waals surface area contributed by atoms with E-state index >= 15 is 0 Å². The molecule has 5 rings (SSSR count). The largest absolute Gasteiger partial charge is 0.0467 e. The summed E-state index contributed by atoms with van der Waals surface area (Å²) in [5.41, 5.74) is 0. The molecular formula is C12H16. The summed E-state index contributed by atoms with van der Waals surface area (Å²) in [6, 6.07) is 0. The Morgan fingerprint density at radius 3 is 1.58 bits per heavy atom. The monoisotopic (exact) mass is 160 g/mol. The first-order valence-corrected chi connectivity index (χ1v) is 5.93. The number of hydrogen-bond donors (Lipinski definition) is 0. The summed E-state index contributed by atoms with van der Waals surface area (Å²) >= 11 is 0. The summed E-state index contributed by atoms with van der Waals surface area (Å²) in [7, 11) is 0. The second kappa shape index (κ2) is 1.40. The minimum absolute atomic E-state index is 1.23. The highest BCUT2D eigenvalue weighted by Gasteiger charge is 2.71. The smallest absolute Gasteiger partial charge is 0.0318 e. The molecule has 6 unspecified atom stereocenters. The molecular weight excluding hydrogens is 144 g/mol. The van der Waals surface area contributed by atoms with E-state index in [1.54, 1.807) is 25.7 Å². The van der Waals surface area contributed by atoms with Crippen LogP contribution >= 0.6 is 0 Å². The molecule has 4 bridgehead atoms. The molecule has 0 aromatic heterocycles. The normalized spacial score (nSPS) is 80.0. The fourth-order valence-corrected chi connectivity index (χ4v) is 6.69. The molecule has 0 aromatic carbocycles. The summed E-state index contributed by atoms with van der Waals surface area (Å²) < 4.78 is 0. The van der Waals surface area contributed by atoms with Crippen LogP contribution in [0.5, 0.6) is 0 Å². The van der Waals surface area contributed by atoms with E-state index in [0.29, 0.717) is 0 Å². The first kappa shape index (κ1) is 5.67. The van der Waals surface area contributed by atoms with Crippen LogP contribution in [-0.4, -0.2) is 0 Å². The quantitative estimate of drug-likeness (QED) is 0.511. The van der Waals surface area contributed by atoms with E-state index in [2.05, 4.69) is 0 Å². The first-order chi connectivity index (χ1) is 5.93. The zero-order chi connectivity index (χ0) is 7.45. The summed E-state index contributed by atoms with van der Waals surface area (Å²) in [6.45, 7) is 0. The van der Waals surface area contributed by atoms with Crippen LogP contribution in [0, 0.1) is 47.3 Å². The Labute approximate surface area is 73.7 Å². The van der Waals surface area contributed by atoms with Crippen molar-refractivity contribution in [1.29, 1.82) is 0 Å². The average molecular weight is 160 g/mol. The van der Waals surface area contributed by atoms with Crippen LogP contribution in [-0.2, 0) is 0 Å². The number of hydrogen-bond acceptors (Lipinski definition) is 0. The third kappa shape index (κ3) is 0.352. The van der Waals surface area contributed by atoms with Crippen molar-refractivity contribution in [3.63, 3.8) is 0 Å². The molecule has 6 atom stereocenters. The van der Waals surface area contributed by atoms with E-state index in [-0.39, 0.29) is 0 Å². The third-order valence-corrected chi connectivity index (χ3v) is 6.47. The highest BCUT2D eigenvalue weighted by Crippen LogP contribution is 2.78. The van der Waals surface area contributed by atoms with Gasteiger partial charge in [0.1, 0.15) is 0 Å². The average Bonchev–Trinajstić information content (AvgIpc) is 2.74. The Morgan fingerprint density at radius 2 is 1.00 bits per heavy atom. The maximum Gasteiger partial charge on any atom is -0.0318 e. The Morgan fingerprint density at radius 1 is 0.500 bits per heavy atom. The Hall–Kier alpha value is 0. The molecule has 5 aliphatic carbocycles. The van der Waals surface area contributed by atoms with Crippen LogP contribution in [0.1, 0.15) is 25.7 Å². The van der Waals surface area contributed by atoms with Gasteiger partial charge in [0.2, 0.25) is 0 Å². The Kier molecular flexibility index (Phi) is 0.663. The van der Waals surface area contributed by atoms with Crippen molar-refractivity contribution in [2.45, 2.75) is 25.7 Å². The Balaban J connectivity index is 1.86.